The summed E-state index contributed by atoms with van der Waals surface area (Å²) in [4.78, 5) is 0. The molecule has 0 aliphatic carbocycles. The van der Waals surface area contributed by atoms with Crippen LogP contribution in [0.25, 0.3) is 0 Å². The van der Waals surface area contributed by atoms with Gasteiger partial charge in [0, 0.05) is 25.2 Å². The van der Waals surface area contributed by atoms with E-state index in [2.05, 4.69) is 29.6 Å². The zero-order valence-electron chi connectivity index (χ0n) is 9.10. The predicted molar refractivity (Wildman–Crippen MR) is 63.3 cm³/mol. The third kappa shape index (κ3) is 2.30. The summed E-state index contributed by atoms with van der Waals surface area (Å²) in [5.74, 6) is 1.39. The molecule has 2 saturated heterocycles. The van der Waals surface area contributed by atoms with Crippen LogP contribution in [-0.2, 0) is 0 Å². The molecule has 2 fully saturated rings. The van der Waals surface area contributed by atoms with Crippen LogP contribution >= 0.6 is 0 Å². The van der Waals surface area contributed by atoms with Gasteiger partial charge in [-0.05, 0) is 24.7 Å². The molecule has 5 N–H and O–H groups in total. The van der Waals surface area contributed by atoms with Gasteiger partial charge in [-0.2, -0.15) is 0 Å². The van der Waals surface area contributed by atoms with Gasteiger partial charge in [-0.3, -0.25) is 0 Å². The first-order valence-corrected chi connectivity index (χ1v) is 5.84. The quantitative estimate of drug-likeness (QED) is 0.584. The van der Waals surface area contributed by atoms with E-state index in [0.717, 1.165) is 0 Å². The van der Waals surface area contributed by atoms with E-state index in [9.17, 15) is 0 Å². The highest BCUT2D eigenvalue weighted by Crippen LogP contribution is 2.38. The molecule has 0 saturated carbocycles. The van der Waals surface area contributed by atoms with Crippen LogP contribution in [0.5, 0.6) is 0 Å². The Morgan fingerprint density at radius 1 is 0.933 bits per heavy atom. The van der Waals surface area contributed by atoms with Gasteiger partial charge >= 0.3 is 0 Å². The van der Waals surface area contributed by atoms with Crippen LogP contribution in [0.15, 0.2) is 24.3 Å². The van der Waals surface area contributed by atoms with Crippen molar-refractivity contribution >= 4 is 0 Å². The predicted octanol–water partition coefficient (Wildman–Crippen LogP) is 0.383. The van der Waals surface area contributed by atoms with Crippen LogP contribution < -0.4 is 16.8 Å². The SMILES string of the molecule is NC/C=C/C1CC2NC1CC2/C=C/CN. The van der Waals surface area contributed by atoms with Crippen LogP contribution in [0.3, 0.4) is 0 Å². The highest BCUT2D eigenvalue weighted by atomic mass is 15.0. The standard InChI is InChI=1S/C12H21N3/c13-5-1-3-9-7-12-10(4-2-6-14)8-11(9)15-12/h1-4,9-12,15H,5-8,13-14H2/b3-1+,4-2+. The molecular formula is C12H21N3. The molecule has 0 amide bonds. The molecule has 0 aromatic rings. The van der Waals surface area contributed by atoms with Gasteiger partial charge in [0.25, 0.3) is 0 Å². The van der Waals surface area contributed by atoms with Crippen molar-refractivity contribution < 1.29 is 0 Å². The number of rotatable bonds is 4. The summed E-state index contributed by atoms with van der Waals surface area (Å²) in [6, 6.07) is 1.32. The van der Waals surface area contributed by atoms with Crippen molar-refractivity contribution in [3.63, 3.8) is 0 Å². The van der Waals surface area contributed by atoms with E-state index in [-0.39, 0.29) is 0 Å². The Bertz CT molecular complexity index is 234. The van der Waals surface area contributed by atoms with E-state index in [1.165, 1.54) is 12.8 Å². The van der Waals surface area contributed by atoms with Crippen LogP contribution in [0.4, 0.5) is 0 Å². The van der Waals surface area contributed by atoms with Crippen LogP contribution in [0.2, 0.25) is 0 Å². The molecule has 3 heteroatoms. The third-order valence-corrected chi connectivity index (χ3v) is 3.55. The first kappa shape index (κ1) is 10.9. The summed E-state index contributed by atoms with van der Waals surface area (Å²) < 4.78 is 0. The molecule has 2 rings (SSSR count). The minimum Gasteiger partial charge on any atom is -0.327 e. The van der Waals surface area contributed by atoms with Crippen LogP contribution in [0, 0.1) is 11.8 Å². The molecule has 0 radical (unpaired) electrons. The molecule has 2 aliphatic heterocycles. The fourth-order valence-electron chi connectivity index (χ4n) is 2.85. The Morgan fingerprint density at radius 3 is 1.73 bits per heavy atom. The van der Waals surface area contributed by atoms with Crippen molar-refractivity contribution in [1.82, 2.24) is 5.32 Å². The Hall–Kier alpha value is -0.640. The van der Waals surface area contributed by atoms with E-state index < -0.39 is 0 Å². The Kier molecular flexibility index (Phi) is 3.57. The first-order chi connectivity index (χ1) is 7.35. The van der Waals surface area contributed by atoms with Gasteiger partial charge in [0.1, 0.15) is 0 Å². The number of nitrogens with one attached hydrogen (secondary N) is 1. The molecular weight excluding hydrogens is 186 g/mol. The molecule has 4 unspecified atom stereocenters. The lowest BCUT2D eigenvalue weighted by Crippen LogP contribution is -2.21. The summed E-state index contributed by atoms with van der Waals surface area (Å²) >= 11 is 0. The zero-order chi connectivity index (χ0) is 10.7. The summed E-state index contributed by atoms with van der Waals surface area (Å²) in [6.45, 7) is 1.31. The van der Waals surface area contributed by atoms with Crippen molar-refractivity contribution in [2.75, 3.05) is 13.1 Å². The van der Waals surface area contributed by atoms with Gasteiger partial charge in [0.15, 0.2) is 0 Å². The molecule has 0 aromatic carbocycles. The lowest BCUT2D eigenvalue weighted by Gasteiger charge is -2.21. The second kappa shape index (κ2) is 4.92. The summed E-state index contributed by atoms with van der Waals surface area (Å²) in [7, 11) is 0. The van der Waals surface area contributed by atoms with E-state index in [1.807, 2.05) is 0 Å². The highest BCUT2D eigenvalue weighted by Gasteiger charge is 2.42. The largest absolute Gasteiger partial charge is 0.327 e. The zero-order valence-corrected chi connectivity index (χ0v) is 9.10. The van der Waals surface area contributed by atoms with E-state index >= 15 is 0 Å². The van der Waals surface area contributed by atoms with Crippen molar-refractivity contribution in [3.8, 4) is 0 Å². The summed E-state index contributed by atoms with van der Waals surface area (Å²) in [6.07, 6.45) is 11.2. The van der Waals surface area contributed by atoms with Gasteiger partial charge in [-0.15, -0.1) is 0 Å². The third-order valence-electron chi connectivity index (χ3n) is 3.55. The average Bonchev–Trinajstić information content (AvgIpc) is 2.82. The van der Waals surface area contributed by atoms with Crippen molar-refractivity contribution in [2.45, 2.75) is 24.9 Å². The molecule has 0 spiro atoms. The van der Waals surface area contributed by atoms with E-state index in [0.29, 0.717) is 37.0 Å². The normalized spacial score (nSPS) is 39.9. The maximum atomic E-state index is 5.47. The Morgan fingerprint density at radius 2 is 1.40 bits per heavy atom. The number of fused-ring (bicyclic) bond motifs is 2. The van der Waals surface area contributed by atoms with E-state index in [4.69, 9.17) is 11.5 Å². The number of hydrogen-bond donors (Lipinski definition) is 3. The van der Waals surface area contributed by atoms with Gasteiger partial charge in [-0.1, -0.05) is 24.3 Å². The average molecular weight is 207 g/mol. The minimum absolute atomic E-state index is 0.657. The van der Waals surface area contributed by atoms with Crippen LogP contribution in [-0.4, -0.2) is 25.2 Å². The minimum atomic E-state index is 0.657. The van der Waals surface area contributed by atoms with Crippen molar-refractivity contribution in [1.29, 1.82) is 0 Å². The van der Waals surface area contributed by atoms with Crippen molar-refractivity contribution in [3.05, 3.63) is 24.3 Å². The molecule has 0 aromatic heterocycles. The van der Waals surface area contributed by atoms with E-state index in [1.54, 1.807) is 0 Å². The topological polar surface area (TPSA) is 64.1 Å². The number of nitrogens with two attached hydrogens (primary N) is 2. The lowest BCUT2D eigenvalue weighted by atomic mass is 9.82. The second-order valence-corrected chi connectivity index (χ2v) is 4.51. The van der Waals surface area contributed by atoms with Crippen molar-refractivity contribution in [2.24, 2.45) is 23.3 Å². The molecule has 3 nitrogen and oxygen atoms in total. The van der Waals surface area contributed by atoms with Gasteiger partial charge in [0.05, 0.1) is 0 Å². The summed E-state index contributed by atoms with van der Waals surface area (Å²) in [5, 5.41) is 3.66. The Labute approximate surface area is 91.6 Å². The van der Waals surface area contributed by atoms with Gasteiger partial charge in [0.2, 0.25) is 0 Å². The fraction of sp³-hybridized carbons (Fsp3) is 0.667. The summed E-state index contributed by atoms with van der Waals surface area (Å²) in [5.41, 5.74) is 10.9. The first-order valence-electron chi connectivity index (χ1n) is 5.84. The smallest absolute Gasteiger partial charge is 0.0139 e. The molecule has 2 heterocycles. The second-order valence-electron chi connectivity index (χ2n) is 4.51. The molecule has 4 atom stereocenters. The Balaban J connectivity index is 1.88. The molecule has 2 aliphatic rings. The maximum Gasteiger partial charge on any atom is 0.0139 e. The fourth-order valence-corrected chi connectivity index (χ4v) is 2.85. The number of hydrogen-bond acceptors (Lipinski definition) is 3. The monoisotopic (exact) mass is 207 g/mol. The maximum absolute atomic E-state index is 5.47. The van der Waals surface area contributed by atoms with Crippen LogP contribution in [0.1, 0.15) is 12.8 Å². The molecule has 84 valence electrons. The highest BCUT2D eigenvalue weighted by molar-refractivity contribution is 5.13. The lowest BCUT2D eigenvalue weighted by molar-refractivity contribution is 0.418. The molecule has 15 heavy (non-hydrogen) atoms. The van der Waals surface area contributed by atoms with Gasteiger partial charge in [-0.25, -0.2) is 0 Å². The molecule has 2 bridgehead atoms. The van der Waals surface area contributed by atoms with Gasteiger partial charge < -0.3 is 16.8 Å².